The van der Waals surface area contributed by atoms with Gasteiger partial charge in [0.05, 0.1) is 15.6 Å². The van der Waals surface area contributed by atoms with Gasteiger partial charge < -0.3 is 5.11 Å². The number of benzene rings is 2. The molecule has 8 heteroatoms. The fourth-order valence-electron chi connectivity index (χ4n) is 1.74. The molecular weight excluding hydrogens is 366 g/mol. The van der Waals surface area contributed by atoms with Crippen LogP contribution >= 0.6 is 15.9 Å². The third-order valence-electron chi connectivity index (χ3n) is 2.97. The Hall–Kier alpha value is -2.74. The van der Waals surface area contributed by atoms with E-state index in [2.05, 4.69) is 26.5 Å². The number of nitro benzene ring substituents is 1. The van der Waals surface area contributed by atoms with E-state index in [-0.39, 0.29) is 21.5 Å². The molecule has 0 aliphatic heterocycles. The van der Waals surface area contributed by atoms with Crippen LogP contribution in [0.5, 0.6) is 5.75 Å². The number of halogens is 1. The van der Waals surface area contributed by atoms with E-state index in [1.807, 2.05) is 6.92 Å². The number of phenols is 1. The Morgan fingerprint density at radius 1 is 1.35 bits per heavy atom. The molecule has 0 saturated heterocycles. The lowest BCUT2D eigenvalue weighted by molar-refractivity contribution is -0.385. The van der Waals surface area contributed by atoms with Crippen LogP contribution < -0.4 is 5.43 Å². The van der Waals surface area contributed by atoms with Crippen molar-refractivity contribution in [2.75, 3.05) is 0 Å². The van der Waals surface area contributed by atoms with E-state index in [0.717, 1.165) is 17.8 Å². The van der Waals surface area contributed by atoms with Gasteiger partial charge in [0.15, 0.2) is 0 Å². The number of hydrogen-bond donors (Lipinski definition) is 2. The number of nitrogens with zero attached hydrogens (tertiary/aromatic N) is 2. The Labute approximate surface area is 139 Å². The van der Waals surface area contributed by atoms with Gasteiger partial charge in [0, 0.05) is 23.3 Å². The lowest BCUT2D eigenvalue weighted by Gasteiger charge is -2.03. The van der Waals surface area contributed by atoms with Gasteiger partial charge in [0.2, 0.25) is 0 Å². The van der Waals surface area contributed by atoms with Crippen LogP contribution in [-0.2, 0) is 0 Å². The van der Waals surface area contributed by atoms with Crippen molar-refractivity contribution in [3.05, 3.63) is 67.7 Å². The fraction of sp³-hybridized carbons (Fsp3) is 0.0667. The van der Waals surface area contributed by atoms with Crippen LogP contribution in [-0.4, -0.2) is 22.2 Å². The molecular formula is C15H12BrN3O4. The molecule has 0 unspecified atom stereocenters. The van der Waals surface area contributed by atoms with Gasteiger partial charge in [-0.25, -0.2) is 5.43 Å². The Morgan fingerprint density at radius 2 is 2.00 bits per heavy atom. The van der Waals surface area contributed by atoms with Crippen molar-refractivity contribution < 1.29 is 14.8 Å². The van der Waals surface area contributed by atoms with E-state index < -0.39 is 10.8 Å². The zero-order chi connectivity index (χ0) is 17.0. The molecule has 7 nitrogen and oxygen atoms in total. The molecule has 0 aliphatic carbocycles. The van der Waals surface area contributed by atoms with Crippen molar-refractivity contribution in [2.24, 2.45) is 5.10 Å². The zero-order valence-electron chi connectivity index (χ0n) is 12.0. The van der Waals surface area contributed by atoms with E-state index >= 15 is 0 Å². The molecule has 0 saturated carbocycles. The van der Waals surface area contributed by atoms with Crippen molar-refractivity contribution in [3.8, 4) is 5.75 Å². The molecule has 0 aromatic heterocycles. The van der Waals surface area contributed by atoms with E-state index in [1.165, 1.54) is 6.07 Å². The summed E-state index contributed by atoms with van der Waals surface area (Å²) in [5.41, 5.74) is 3.65. The molecule has 118 valence electrons. The summed E-state index contributed by atoms with van der Waals surface area (Å²) in [6.07, 6.45) is 1.14. The molecule has 0 atom stereocenters. The molecule has 0 heterocycles. The second-order valence-electron chi connectivity index (χ2n) is 4.69. The molecule has 0 spiro atoms. The molecule has 2 aromatic carbocycles. The van der Waals surface area contributed by atoms with Gasteiger partial charge in [-0.05, 0) is 35.0 Å². The second kappa shape index (κ2) is 7.01. The highest BCUT2D eigenvalue weighted by molar-refractivity contribution is 9.10. The summed E-state index contributed by atoms with van der Waals surface area (Å²) >= 11 is 3.03. The Kier molecular flexibility index (Phi) is 5.07. The van der Waals surface area contributed by atoms with Gasteiger partial charge in [-0.2, -0.15) is 5.10 Å². The number of non-ortho nitro benzene ring substituents is 1. The lowest BCUT2D eigenvalue weighted by atomic mass is 10.1. The molecule has 0 fully saturated rings. The first-order valence-corrected chi connectivity index (χ1v) is 7.25. The number of carbonyl (C=O) groups is 1. The quantitative estimate of drug-likeness (QED) is 0.484. The van der Waals surface area contributed by atoms with E-state index in [0.29, 0.717) is 5.56 Å². The molecule has 0 bridgehead atoms. The van der Waals surface area contributed by atoms with Crippen molar-refractivity contribution in [1.82, 2.24) is 5.43 Å². The van der Waals surface area contributed by atoms with Gasteiger partial charge in [-0.15, -0.1) is 0 Å². The van der Waals surface area contributed by atoms with Crippen molar-refractivity contribution in [3.63, 3.8) is 0 Å². The zero-order valence-corrected chi connectivity index (χ0v) is 13.6. The predicted molar refractivity (Wildman–Crippen MR) is 88.7 cm³/mol. The van der Waals surface area contributed by atoms with E-state index in [4.69, 9.17) is 0 Å². The number of phenolic OH excluding ortho intramolecular Hbond substituents is 1. The van der Waals surface area contributed by atoms with Crippen molar-refractivity contribution >= 4 is 33.7 Å². The maximum absolute atomic E-state index is 11.9. The maximum atomic E-state index is 11.9. The predicted octanol–water partition coefficient (Wildman–Crippen LogP) is 3.14. The second-order valence-corrected chi connectivity index (χ2v) is 5.54. The van der Waals surface area contributed by atoms with Gasteiger partial charge >= 0.3 is 0 Å². The van der Waals surface area contributed by atoms with Crippen LogP contribution in [0.4, 0.5) is 5.69 Å². The third kappa shape index (κ3) is 4.13. The van der Waals surface area contributed by atoms with Crippen LogP contribution in [0.2, 0.25) is 0 Å². The number of carbonyl (C=O) groups excluding carboxylic acids is 1. The van der Waals surface area contributed by atoms with Crippen LogP contribution in [0.1, 0.15) is 21.5 Å². The largest absolute Gasteiger partial charge is 0.506 e. The average Bonchev–Trinajstić information content (AvgIpc) is 2.51. The Balaban J connectivity index is 2.15. The van der Waals surface area contributed by atoms with E-state index in [9.17, 15) is 20.0 Å². The smallest absolute Gasteiger partial charge is 0.271 e. The summed E-state index contributed by atoms with van der Waals surface area (Å²) < 4.78 is 0.165. The highest BCUT2D eigenvalue weighted by Gasteiger charge is 2.13. The van der Waals surface area contributed by atoms with Gasteiger partial charge in [0.1, 0.15) is 5.75 Å². The van der Waals surface area contributed by atoms with Crippen molar-refractivity contribution in [1.29, 1.82) is 0 Å². The lowest BCUT2D eigenvalue weighted by Crippen LogP contribution is -2.17. The van der Waals surface area contributed by atoms with Crippen LogP contribution in [0, 0.1) is 17.0 Å². The Bertz CT molecular complexity index is 788. The standard InChI is InChI=1S/C15H12BrN3O4/c1-9-2-4-10(5-3-9)15(21)18-17-8-11-6-12(19(22)23)7-13(16)14(11)20/h2-8,20H,1H3,(H,18,21)/b17-8-. The SMILES string of the molecule is Cc1ccc(C(=O)N/N=C\c2cc([N+](=O)[O-])cc(Br)c2O)cc1. The highest BCUT2D eigenvalue weighted by atomic mass is 79.9. The van der Waals surface area contributed by atoms with E-state index in [1.54, 1.807) is 24.3 Å². The molecule has 2 N–H and O–H groups in total. The minimum absolute atomic E-state index is 0.107. The number of aromatic hydroxyl groups is 1. The number of nitro groups is 1. The number of aryl methyl sites for hydroxylation is 1. The first kappa shape index (κ1) is 16.6. The number of hydrogen-bond acceptors (Lipinski definition) is 5. The fourth-order valence-corrected chi connectivity index (χ4v) is 2.20. The van der Waals surface area contributed by atoms with Gasteiger partial charge in [-0.3, -0.25) is 14.9 Å². The summed E-state index contributed by atoms with van der Waals surface area (Å²) in [6, 6.07) is 9.23. The number of nitrogens with one attached hydrogen (secondary N) is 1. The molecule has 0 aliphatic rings. The normalized spacial score (nSPS) is 10.7. The summed E-state index contributed by atoms with van der Waals surface area (Å²) in [4.78, 5) is 22.1. The first-order valence-electron chi connectivity index (χ1n) is 6.45. The van der Waals surface area contributed by atoms with Crippen LogP contribution in [0.3, 0.4) is 0 Å². The molecule has 0 radical (unpaired) electrons. The average molecular weight is 378 g/mol. The van der Waals surface area contributed by atoms with Crippen LogP contribution in [0.25, 0.3) is 0 Å². The molecule has 1 amide bonds. The van der Waals surface area contributed by atoms with Gasteiger partial charge in [-0.1, -0.05) is 17.7 Å². The number of amides is 1. The minimum Gasteiger partial charge on any atom is -0.506 e. The highest BCUT2D eigenvalue weighted by Crippen LogP contribution is 2.31. The first-order chi connectivity index (χ1) is 10.9. The topological polar surface area (TPSA) is 105 Å². The Morgan fingerprint density at radius 3 is 2.61 bits per heavy atom. The monoisotopic (exact) mass is 377 g/mol. The summed E-state index contributed by atoms with van der Waals surface area (Å²) in [7, 11) is 0. The number of rotatable bonds is 4. The maximum Gasteiger partial charge on any atom is 0.271 e. The number of hydrazone groups is 1. The molecule has 23 heavy (non-hydrogen) atoms. The summed E-state index contributed by atoms with van der Waals surface area (Å²) in [5, 5.41) is 24.4. The van der Waals surface area contributed by atoms with Gasteiger partial charge in [0.25, 0.3) is 11.6 Å². The molecule has 2 rings (SSSR count). The summed E-state index contributed by atoms with van der Waals surface area (Å²) in [5.74, 6) is -0.630. The summed E-state index contributed by atoms with van der Waals surface area (Å²) in [6.45, 7) is 1.91. The minimum atomic E-state index is -0.591. The van der Waals surface area contributed by atoms with Crippen LogP contribution in [0.15, 0.2) is 46.0 Å². The van der Waals surface area contributed by atoms with Crippen molar-refractivity contribution in [2.45, 2.75) is 6.92 Å². The molecule has 2 aromatic rings. The third-order valence-corrected chi connectivity index (χ3v) is 3.58.